The number of nitriles is 1. The summed E-state index contributed by atoms with van der Waals surface area (Å²) >= 11 is 0. The Morgan fingerprint density at radius 3 is 2.65 bits per heavy atom. The molecule has 5 heteroatoms. The molecule has 0 unspecified atom stereocenters. The first-order valence-electron chi connectivity index (χ1n) is 5.03. The summed E-state index contributed by atoms with van der Waals surface area (Å²) in [6, 6.07) is 7.32. The SMILES string of the molecule is Cc1ccc(Oc2nc(C)cc(C#N)n2)cn1. The lowest BCUT2D eigenvalue weighted by Crippen LogP contribution is -1.96. The monoisotopic (exact) mass is 226 g/mol. The zero-order chi connectivity index (χ0) is 12.3. The predicted molar refractivity (Wildman–Crippen MR) is 60.5 cm³/mol. The Morgan fingerprint density at radius 2 is 2.00 bits per heavy atom. The number of ether oxygens (including phenoxy) is 1. The summed E-state index contributed by atoms with van der Waals surface area (Å²) in [6.45, 7) is 3.67. The van der Waals surface area contributed by atoms with Gasteiger partial charge in [-0.15, -0.1) is 0 Å². The maximum atomic E-state index is 8.78. The van der Waals surface area contributed by atoms with Crippen LogP contribution >= 0.6 is 0 Å². The van der Waals surface area contributed by atoms with Crippen molar-refractivity contribution in [2.75, 3.05) is 0 Å². The molecule has 0 spiro atoms. The van der Waals surface area contributed by atoms with Crippen molar-refractivity contribution >= 4 is 0 Å². The number of hydrogen-bond donors (Lipinski definition) is 0. The van der Waals surface area contributed by atoms with Gasteiger partial charge in [0.15, 0.2) is 0 Å². The van der Waals surface area contributed by atoms with Crippen molar-refractivity contribution in [1.29, 1.82) is 5.26 Å². The fraction of sp³-hybridized carbons (Fsp3) is 0.167. The molecule has 0 N–H and O–H groups in total. The van der Waals surface area contributed by atoms with Crippen LogP contribution < -0.4 is 4.74 Å². The second-order valence-corrected chi connectivity index (χ2v) is 3.53. The summed E-state index contributed by atoms with van der Waals surface area (Å²) in [7, 11) is 0. The molecule has 0 atom stereocenters. The summed E-state index contributed by atoms with van der Waals surface area (Å²) in [5.74, 6) is 0.546. The quantitative estimate of drug-likeness (QED) is 0.784. The summed E-state index contributed by atoms with van der Waals surface area (Å²) in [4.78, 5) is 12.1. The minimum atomic E-state index is 0.159. The van der Waals surface area contributed by atoms with Crippen LogP contribution in [0.1, 0.15) is 17.1 Å². The van der Waals surface area contributed by atoms with Gasteiger partial charge in [-0.05, 0) is 32.0 Å². The van der Waals surface area contributed by atoms with Crippen molar-refractivity contribution in [3.8, 4) is 17.8 Å². The van der Waals surface area contributed by atoms with E-state index in [1.807, 2.05) is 19.1 Å². The van der Waals surface area contributed by atoms with Crippen LogP contribution in [0.3, 0.4) is 0 Å². The lowest BCUT2D eigenvalue weighted by Gasteiger charge is -2.04. The molecule has 0 fully saturated rings. The number of aryl methyl sites for hydroxylation is 2. The van der Waals surface area contributed by atoms with Gasteiger partial charge in [-0.2, -0.15) is 10.2 Å². The van der Waals surface area contributed by atoms with Gasteiger partial charge in [0.25, 0.3) is 0 Å². The number of hydrogen-bond acceptors (Lipinski definition) is 5. The molecule has 0 aliphatic rings. The molecule has 84 valence electrons. The summed E-state index contributed by atoms with van der Waals surface area (Å²) in [5, 5.41) is 8.78. The molecule has 2 aromatic heterocycles. The van der Waals surface area contributed by atoms with Gasteiger partial charge >= 0.3 is 6.01 Å². The summed E-state index contributed by atoms with van der Waals surface area (Å²) in [5.41, 5.74) is 1.87. The average molecular weight is 226 g/mol. The van der Waals surface area contributed by atoms with Gasteiger partial charge in [0, 0.05) is 11.4 Å². The van der Waals surface area contributed by atoms with Gasteiger partial charge < -0.3 is 4.74 Å². The van der Waals surface area contributed by atoms with E-state index in [-0.39, 0.29) is 11.7 Å². The molecule has 0 saturated carbocycles. The molecule has 0 amide bonds. The Kier molecular flexibility index (Phi) is 2.97. The molecule has 0 radical (unpaired) electrons. The van der Waals surface area contributed by atoms with Crippen LogP contribution in [0, 0.1) is 25.2 Å². The van der Waals surface area contributed by atoms with Gasteiger partial charge in [0.05, 0.1) is 6.20 Å². The van der Waals surface area contributed by atoms with E-state index in [0.717, 1.165) is 5.69 Å². The Hall–Kier alpha value is -2.48. The van der Waals surface area contributed by atoms with Gasteiger partial charge in [-0.25, -0.2) is 4.98 Å². The molecule has 0 aliphatic carbocycles. The highest BCUT2D eigenvalue weighted by atomic mass is 16.5. The molecule has 2 rings (SSSR count). The van der Waals surface area contributed by atoms with Crippen LogP contribution in [0.4, 0.5) is 0 Å². The van der Waals surface area contributed by atoms with E-state index in [2.05, 4.69) is 15.0 Å². The Balaban J connectivity index is 2.27. The van der Waals surface area contributed by atoms with Gasteiger partial charge in [0.2, 0.25) is 0 Å². The second kappa shape index (κ2) is 4.58. The molecule has 5 nitrogen and oxygen atoms in total. The van der Waals surface area contributed by atoms with Crippen LogP contribution in [0.25, 0.3) is 0 Å². The van der Waals surface area contributed by atoms with E-state index in [1.54, 1.807) is 25.3 Å². The Morgan fingerprint density at radius 1 is 1.18 bits per heavy atom. The number of rotatable bonds is 2. The van der Waals surface area contributed by atoms with E-state index in [4.69, 9.17) is 10.00 Å². The normalized spacial score (nSPS) is 9.71. The maximum absolute atomic E-state index is 8.78. The van der Waals surface area contributed by atoms with Gasteiger partial charge in [-0.3, -0.25) is 4.98 Å². The van der Waals surface area contributed by atoms with Crippen LogP contribution in [0.15, 0.2) is 24.4 Å². The highest BCUT2D eigenvalue weighted by Crippen LogP contribution is 2.17. The van der Waals surface area contributed by atoms with Crippen LogP contribution in [0.2, 0.25) is 0 Å². The zero-order valence-corrected chi connectivity index (χ0v) is 9.51. The van der Waals surface area contributed by atoms with Crippen LogP contribution in [-0.2, 0) is 0 Å². The standard InChI is InChI=1S/C12H10N4O/c1-8-3-4-11(7-14-8)17-12-15-9(2)5-10(6-13)16-12/h3-5,7H,1-2H3. The predicted octanol–water partition coefficient (Wildman–Crippen LogP) is 2.15. The fourth-order valence-electron chi connectivity index (χ4n) is 1.26. The molecule has 0 aromatic carbocycles. The third kappa shape index (κ3) is 2.75. The van der Waals surface area contributed by atoms with E-state index in [9.17, 15) is 0 Å². The van der Waals surface area contributed by atoms with Crippen molar-refractivity contribution in [2.24, 2.45) is 0 Å². The van der Waals surface area contributed by atoms with E-state index in [0.29, 0.717) is 11.4 Å². The van der Waals surface area contributed by atoms with Crippen molar-refractivity contribution in [1.82, 2.24) is 15.0 Å². The Labute approximate surface area is 98.7 Å². The average Bonchev–Trinajstić information content (AvgIpc) is 2.31. The molecule has 17 heavy (non-hydrogen) atoms. The van der Waals surface area contributed by atoms with Gasteiger partial charge in [-0.1, -0.05) is 0 Å². The first-order valence-corrected chi connectivity index (χ1v) is 5.03. The molecular formula is C12H10N4O. The van der Waals surface area contributed by atoms with E-state index < -0.39 is 0 Å². The zero-order valence-electron chi connectivity index (χ0n) is 9.51. The third-order valence-corrected chi connectivity index (χ3v) is 2.04. The van der Waals surface area contributed by atoms with Gasteiger partial charge in [0.1, 0.15) is 17.5 Å². The number of pyridine rings is 1. The highest BCUT2D eigenvalue weighted by Gasteiger charge is 2.04. The molecule has 0 aliphatic heterocycles. The molecule has 0 bridgehead atoms. The first-order chi connectivity index (χ1) is 8.17. The molecular weight excluding hydrogens is 216 g/mol. The topological polar surface area (TPSA) is 71.7 Å². The van der Waals surface area contributed by atoms with E-state index >= 15 is 0 Å². The Bertz CT molecular complexity index is 572. The maximum Gasteiger partial charge on any atom is 0.323 e. The highest BCUT2D eigenvalue weighted by molar-refractivity contribution is 5.27. The van der Waals surface area contributed by atoms with Crippen molar-refractivity contribution in [2.45, 2.75) is 13.8 Å². The minimum Gasteiger partial charge on any atom is -0.423 e. The van der Waals surface area contributed by atoms with Crippen LogP contribution in [-0.4, -0.2) is 15.0 Å². The fourth-order valence-corrected chi connectivity index (χ4v) is 1.26. The van der Waals surface area contributed by atoms with Crippen molar-refractivity contribution < 1.29 is 4.74 Å². The lowest BCUT2D eigenvalue weighted by atomic mass is 10.3. The largest absolute Gasteiger partial charge is 0.423 e. The first kappa shape index (κ1) is 11.0. The number of nitrogens with zero attached hydrogens (tertiary/aromatic N) is 4. The minimum absolute atomic E-state index is 0.159. The molecule has 2 aromatic rings. The summed E-state index contributed by atoms with van der Waals surface area (Å²) < 4.78 is 5.42. The van der Waals surface area contributed by atoms with E-state index in [1.165, 1.54) is 0 Å². The third-order valence-electron chi connectivity index (χ3n) is 2.04. The smallest absolute Gasteiger partial charge is 0.323 e. The van der Waals surface area contributed by atoms with Crippen molar-refractivity contribution in [3.63, 3.8) is 0 Å². The molecule has 2 heterocycles. The van der Waals surface area contributed by atoms with Crippen molar-refractivity contribution in [3.05, 3.63) is 41.5 Å². The lowest BCUT2D eigenvalue weighted by molar-refractivity contribution is 0.437. The van der Waals surface area contributed by atoms with Crippen LogP contribution in [0.5, 0.6) is 11.8 Å². The second-order valence-electron chi connectivity index (χ2n) is 3.53. The molecule has 0 saturated heterocycles. The number of aromatic nitrogens is 3. The summed E-state index contributed by atoms with van der Waals surface area (Å²) in [6.07, 6.45) is 1.59.